The Bertz CT molecular complexity index is 1340. The van der Waals surface area contributed by atoms with E-state index in [1.807, 2.05) is 44.2 Å². The van der Waals surface area contributed by atoms with Gasteiger partial charge in [0, 0.05) is 44.0 Å². The molecule has 1 aromatic carbocycles. The van der Waals surface area contributed by atoms with Crippen molar-refractivity contribution < 1.29 is 38.1 Å². The molecule has 1 aromatic heterocycles. The number of thiazole rings is 1. The molecule has 1 aliphatic rings. The minimum Gasteiger partial charge on any atom is -0.466 e. The molecule has 12 nitrogen and oxygen atoms in total. The van der Waals surface area contributed by atoms with Gasteiger partial charge in [0.15, 0.2) is 6.10 Å². The molecule has 1 saturated heterocycles. The Kier molecular flexibility index (Phi) is 14.7. The van der Waals surface area contributed by atoms with E-state index in [9.17, 15) is 19.2 Å². The average molecular weight is 689 g/mol. The van der Waals surface area contributed by atoms with Gasteiger partial charge in [-0.2, -0.15) is 0 Å². The van der Waals surface area contributed by atoms with Crippen molar-refractivity contribution in [2.75, 3.05) is 40.0 Å². The molecule has 3 rings (SSSR count). The standard InChI is InChI=1S/C35H52N4O8S/c1-9-45-32(41)24(4)19-26(20-25-13-11-10-12-14-25)36-30(40)27-22-48-31(37-27)29(46-34(43)39-15-17-44-18-16-39)21-28(23(2)3)38(8)33(42)47-35(5,6)7/h10-14,22-24,26,28-29H,9,15-21H2,1-8H3,(H,36,40)/t24-,26+,28+,29+/m0/s1. The van der Waals surface area contributed by atoms with Crippen molar-refractivity contribution in [3.05, 3.63) is 52.0 Å². The first-order chi connectivity index (χ1) is 22.7. The van der Waals surface area contributed by atoms with Crippen molar-refractivity contribution in [3.63, 3.8) is 0 Å². The van der Waals surface area contributed by atoms with E-state index >= 15 is 0 Å². The lowest BCUT2D eigenvalue weighted by Gasteiger charge is -2.35. The van der Waals surface area contributed by atoms with E-state index in [1.165, 1.54) is 16.2 Å². The van der Waals surface area contributed by atoms with Gasteiger partial charge < -0.3 is 34.1 Å². The average Bonchev–Trinajstić information content (AvgIpc) is 3.53. The molecular weight excluding hydrogens is 636 g/mol. The first-order valence-corrected chi connectivity index (χ1v) is 17.5. The van der Waals surface area contributed by atoms with Crippen LogP contribution < -0.4 is 5.32 Å². The number of aromatic nitrogens is 1. The lowest BCUT2D eigenvalue weighted by molar-refractivity contribution is -0.147. The molecule has 0 bridgehead atoms. The molecule has 1 aliphatic heterocycles. The summed E-state index contributed by atoms with van der Waals surface area (Å²) in [4.78, 5) is 60.1. The molecule has 2 aromatic rings. The van der Waals surface area contributed by atoms with Gasteiger partial charge in [0.25, 0.3) is 5.91 Å². The van der Waals surface area contributed by atoms with Crippen LogP contribution in [0.4, 0.5) is 9.59 Å². The first-order valence-electron chi connectivity index (χ1n) is 16.6. The van der Waals surface area contributed by atoms with Gasteiger partial charge in [-0.05, 0) is 52.0 Å². The van der Waals surface area contributed by atoms with Crippen molar-refractivity contribution in [2.45, 2.75) is 91.5 Å². The van der Waals surface area contributed by atoms with Crippen molar-refractivity contribution in [3.8, 4) is 0 Å². The normalized spacial score (nSPS) is 16.0. The predicted octanol–water partition coefficient (Wildman–Crippen LogP) is 5.87. The summed E-state index contributed by atoms with van der Waals surface area (Å²) in [5.74, 6) is -1.17. The minimum absolute atomic E-state index is 0.0185. The van der Waals surface area contributed by atoms with E-state index < -0.39 is 35.7 Å². The lowest BCUT2D eigenvalue weighted by Crippen LogP contribution is -2.45. The molecule has 48 heavy (non-hydrogen) atoms. The Morgan fingerprint density at radius 1 is 1.06 bits per heavy atom. The monoisotopic (exact) mass is 688 g/mol. The Morgan fingerprint density at radius 2 is 1.73 bits per heavy atom. The van der Waals surface area contributed by atoms with Crippen LogP contribution in [0.3, 0.4) is 0 Å². The third-order valence-electron chi connectivity index (χ3n) is 7.93. The van der Waals surface area contributed by atoms with Crippen LogP contribution in [0.15, 0.2) is 35.7 Å². The molecule has 0 aliphatic carbocycles. The van der Waals surface area contributed by atoms with Gasteiger partial charge in [0.1, 0.15) is 16.3 Å². The Morgan fingerprint density at radius 3 is 2.33 bits per heavy atom. The Labute approximate surface area is 288 Å². The van der Waals surface area contributed by atoms with Gasteiger partial charge in [-0.1, -0.05) is 51.1 Å². The summed E-state index contributed by atoms with van der Waals surface area (Å²) in [6.45, 7) is 14.8. The number of morpholine rings is 1. The number of benzene rings is 1. The number of ether oxygens (including phenoxy) is 4. The van der Waals surface area contributed by atoms with E-state index in [2.05, 4.69) is 10.3 Å². The third kappa shape index (κ3) is 12.1. The molecule has 266 valence electrons. The minimum atomic E-state index is -0.840. The van der Waals surface area contributed by atoms with Crippen molar-refractivity contribution in [1.82, 2.24) is 20.1 Å². The summed E-state index contributed by atoms with van der Waals surface area (Å²) < 4.78 is 22.3. The van der Waals surface area contributed by atoms with Gasteiger partial charge in [-0.3, -0.25) is 9.59 Å². The zero-order valence-corrected chi connectivity index (χ0v) is 30.3. The molecule has 2 heterocycles. The SMILES string of the molecule is CCOC(=O)[C@@H](C)C[C@H](Cc1ccccc1)NC(=O)c1csc([C@@H](C[C@H](C(C)C)N(C)C(=O)OC(C)(C)C)OC(=O)N2CCOCC2)n1. The summed E-state index contributed by atoms with van der Waals surface area (Å²) in [7, 11) is 1.67. The molecule has 1 fully saturated rings. The fraction of sp³-hybridized carbons (Fsp3) is 0.629. The highest BCUT2D eigenvalue weighted by Gasteiger charge is 2.34. The second-order valence-corrected chi connectivity index (χ2v) is 14.3. The van der Waals surface area contributed by atoms with Gasteiger partial charge in [-0.25, -0.2) is 14.6 Å². The molecule has 1 N–H and O–H groups in total. The van der Waals surface area contributed by atoms with E-state index in [-0.39, 0.29) is 42.7 Å². The zero-order valence-electron chi connectivity index (χ0n) is 29.5. The molecular formula is C35H52N4O8S. The number of carbonyl (C=O) groups is 4. The fourth-order valence-corrected chi connectivity index (χ4v) is 6.25. The van der Waals surface area contributed by atoms with Crippen LogP contribution >= 0.6 is 11.3 Å². The van der Waals surface area contributed by atoms with E-state index in [0.29, 0.717) is 44.2 Å². The van der Waals surface area contributed by atoms with E-state index in [0.717, 1.165) is 5.56 Å². The highest BCUT2D eigenvalue weighted by molar-refractivity contribution is 7.09. The van der Waals surface area contributed by atoms with Crippen LogP contribution in [0.5, 0.6) is 0 Å². The molecule has 0 spiro atoms. The molecule has 0 radical (unpaired) electrons. The van der Waals surface area contributed by atoms with Gasteiger partial charge in [0.05, 0.1) is 25.7 Å². The number of rotatable bonds is 14. The van der Waals surface area contributed by atoms with E-state index in [4.69, 9.17) is 18.9 Å². The van der Waals surface area contributed by atoms with Gasteiger partial charge >= 0.3 is 18.2 Å². The number of nitrogens with one attached hydrogen (secondary N) is 1. The van der Waals surface area contributed by atoms with Crippen LogP contribution in [0.2, 0.25) is 0 Å². The molecule has 13 heteroatoms. The van der Waals surface area contributed by atoms with Crippen molar-refractivity contribution >= 4 is 35.4 Å². The zero-order chi connectivity index (χ0) is 35.4. The molecule has 0 saturated carbocycles. The van der Waals surface area contributed by atoms with E-state index in [1.54, 1.807) is 51.9 Å². The summed E-state index contributed by atoms with van der Waals surface area (Å²) in [6.07, 6.45) is -0.703. The Balaban J connectivity index is 1.85. The number of nitrogens with zero attached hydrogens (tertiary/aromatic N) is 3. The van der Waals surface area contributed by atoms with Crippen LogP contribution in [0.1, 0.15) is 88.5 Å². The number of esters is 1. The Hall–Kier alpha value is -3.71. The summed E-state index contributed by atoms with van der Waals surface area (Å²) in [5, 5.41) is 5.14. The van der Waals surface area contributed by atoms with Crippen molar-refractivity contribution in [2.24, 2.45) is 11.8 Å². The third-order valence-corrected chi connectivity index (χ3v) is 8.87. The van der Waals surface area contributed by atoms with Crippen LogP contribution in [-0.2, 0) is 30.2 Å². The fourth-order valence-electron chi connectivity index (χ4n) is 5.41. The summed E-state index contributed by atoms with van der Waals surface area (Å²) >= 11 is 1.21. The number of amides is 3. The lowest BCUT2D eigenvalue weighted by atomic mass is 9.96. The second kappa shape index (κ2) is 18.2. The number of hydrogen-bond donors (Lipinski definition) is 1. The van der Waals surface area contributed by atoms with Gasteiger partial charge in [-0.15, -0.1) is 11.3 Å². The quantitative estimate of drug-likeness (QED) is 0.191. The van der Waals surface area contributed by atoms with Crippen LogP contribution in [0, 0.1) is 11.8 Å². The molecule has 0 unspecified atom stereocenters. The predicted molar refractivity (Wildman–Crippen MR) is 183 cm³/mol. The molecule has 4 atom stereocenters. The van der Waals surface area contributed by atoms with Gasteiger partial charge in [0.2, 0.25) is 0 Å². The topological polar surface area (TPSA) is 137 Å². The smallest absolute Gasteiger partial charge is 0.410 e. The maximum Gasteiger partial charge on any atom is 0.410 e. The number of hydrogen-bond acceptors (Lipinski definition) is 10. The maximum absolute atomic E-state index is 13.6. The number of carbonyl (C=O) groups excluding carboxylic acids is 4. The first kappa shape index (κ1) is 38.7. The summed E-state index contributed by atoms with van der Waals surface area (Å²) in [5.41, 5.74) is 0.506. The maximum atomic E-state index is 13.6. The second-order valence-electron chi connectivity index (χ2n) is 13.4. The summed E-state index contributed by atoms with van der Waals surface area (Å²) in [6, 6.07) is 8.99. The highest BCUT2D eigenvalue weighted by Crippen LogP contribution is 2.31. The molecule has 3 amide bonds. The largest absolute Gasteiger partial charge is 0.466 e. The van der Waals surface area contributed by atoms with Crippen LogP contribution in [0.25, 0.3) is 0 Å². The van der Waals surface area contributed by atoms with Crippen molar-refractivity contribution in [1.29, 1.82) is 0 Å². The van der Waals surface area contributed by atoms with Crippen LogP contribution in [-0.4, -0.2) is 96.5 Å². The highest BCUT2D eigenvalue weighted by atomic mass is 32.1.